The molecule has 0 saturated heterocycles. The molecule has 1 unspecified atom stereocenters. The molecule has 0 aliphatic carbocycles. The smallest absolute Gasteiger partial charge is 0.328 e. The number of nitrogens with zero attached hydrogens (tertiary/aromatic N) is 1. The summed E-state index contributed by atoms with van der Waals surface area (Å²) in [6, 6.07) is -0.784. The second-order valence-electron chi connectivity index (χ2n) is 2.46. The van der Waals surface area contributed by atoms with Crippen LogP contribution in [0.15, 0.2) is 4.99 Å². The molecule has 13 heavy (non-hydrogen) atoms. The summed E-state index contributed by atoms with van der Waals surface area (Å²) in [5.74, 6) is -1.12. The highest BCUT2D eigenvalue weighted by atomic mass is 32.2. The number of rotatable bonds is 6. The SMILES string of the molecule is CCC[C@H](N=CCS(=O)O)C(=O)O. The van der Waals surface area contributed by atoms with Crippen LogP contribution in [0.4, 0.5) is 0 Å². The number of aliphatic imine (C=N–C) groups is 1. The van der Waals surface area contributed by atoms with Crippen LogP contribution < -0.4 is 0 Å². The number of carboxylic acid groups (broad SMARTS) is 1. The summed E-state index contributed by atoms with van der Waals surface area (Å²) >= 11 is -1.94. The molecule has 0 aromatic carbocycles. The number of hydrogen-bond acceptors (Lipinski definition) is 3. The summed E-state index contributed by atoms with van der Waals surface area (Å²) < 4.78 is 18.5. The second-order valence-corrected chi connectivity index (χ2v) is 3.44. The van der Waals surface area contributed by atoms with Gasteiger partial charge in [0.2, 0.25) is 0 Å². The first-order chi connectivity index (χ1) is 6.07. The largest absolute Gasteiger partial charge is 0.480 e. The van der Waals surface area contributed by atoms with E-state index in [2.05, 4.69) is 4.99 Å². The van der Waals surface area contributed by atoms with E-state index in [-0.39, 0.29) is 5.75 Å². The molecule has 0 aliphatic heterocycles. The lowest BCUT2D eigenvalue weighted by molar-refractivity contribution is -0.138. The molecular weight excluding hydrogens is 194 g/mol. The van der Waals surface area contributed by atoms with E-state index >= 15 is 0 Å². The molecule has 0 heterocycles. The molecule has 0 aliphatic rings. The first-order valence-electron chi connectivity index (χ1n) is 3.89. The molecule has 0 rings (SSSR count). The maximum absolute atomic E-state index is 10.5. The lowest BCUT2D eigenvalue weighted by Crippen LogP contribution is -2.18. The molecule has 0 saturated carbocycles. The van der Waals surface area contributed by atoms with Crippen molar-refractivity contribution in [2.24, 2.45) is 4.99 Å². The lowest BCUT2D eigenvalue weighted by atomic mass is 10.2. The van der Waals surface area contributed by atoms with Gasteiger partial charge in [-0.2, -0.15) is 0 Å². The zero-order valence-corrected chi connectivity index (χ0v) is 8.16. The average molecular weight is 207 g/mol. The number of aliphatic carboxylic acids is 1. The predicted octanol–water partition coefficient (Wildman–Crippen LogP) is 0.532. The summed E-state index contributed by atoms with van der Waals surface area (Å²) in [4.78, 5) is 14.2. The van der Waals surface area contributed by atoms with Gasteiger partial charge in [0.25, 0.3) is 0 Å². The van der Waals surface area contributed by atoms with Gasteiger partial charge >= 0.3 is 5.97 Å². The van der Waals surface area contributed by atoms with Crippen LogP contribution in [0, 0.1) is 0 Å². The van der Waals surface area contributed by atoms with Crippen LogP contribution >= 0.6 is 0 Å². The fourth-order valence-electron chi connectivity index (χ4n) is 0.769. The highest BCUT2D eigenvalue weighted by Gasteiger charge is 2.12. The quantitative estimate of drug-likeness (QED) is 0.491. The van der Waals surface area contributed by atoms with Gasteiger partial charge in [0, 0.05) is 6.21 Å². The summed E-state index contributed by atoms with van der Waals surface area (Å²) in [6.45, 7) is 1.86. The lowest BCUT2D eigenvalue weighted by Gasteiger charge is -2.03. The van der Waals surface area contributed by atoms with Gasteiger partial charge in [0.05, 0.1) is 5.75 Å². The molecule has 0 amide bonds. The van der Waals surface area contributed by atoms with E-state index in [1.165, 1.54) is 6.21 Å². The Labute approximate surface area is 79.2 Å². The van der Waals surface area contributed by atoms with Crippen molar-refractivity contribution in [1.82, 2.24) is 0 Å². The fourth-order valence-corrected chi connectivity index (χ4v) is 0.983. The molecule has 0 spiro atoms. The van der Waals surface area contributed by atoms with Gasteiger partial charge in [-0.05, 0) is 6.42 Å². The summed E-state index contributed by atoms with van der Waals surface area (Å²) in [5.41, 5.74) is 0. The Balaban J connectivity index is 4.01. The van der Waals surface area contributed by atoms with Crippen LogP contribution in [-0.4, -0.2) is 37.8 Å². The van der Waals surface area contributed by atoms with Crippen molar-refractivity contribution >= 4 is 23.3 Å². The second kappa shape index (κ2) is 6.73. The molecular formula is C7H13NO4S. The van der Waals surface area contributed by atoms with Crippen molar-refractivity contribution in [3.8, 4) is 0 Å². The highest BCUT2D eigenvalue weighted by Crippen LogP contribution is 2.00. The van der Waals surface area contributed by atoms with E-state index in [9.17, 15) is 9.00 Å². The van der Waals surface area contributed by atoms with Gasteiger partial charge in [0.15, 0.2) is 11.1 Å². The van der Waals surface area contributed by atoms with Gasteiger partial charge in [-0.1, -0.05) is 13.3 Å². The van der Waals surface area contributed by atoms with Crippen molar-refractivity contribution < 1.29 is 18.7 Å². The van der Waals surface area contributed by atoms with Crippen molar-refractivity contribution in [2.45, 2.75) is 25.8 Å². The standard InChI is InChI=1S/C7H13NO4S/c1-2-3-6(7(9)10)8-4-5-13(11)12/h4,6H,2-3,5H2,1H3,(H,9,10)(H,11,12)/t6-/m0/s1. The van der Waals surface area contributed by atoms with E-state index < -0.39 is 23.1 Å². The van der Waals surface area contributed by atoms with Gasteiger partial charge < -0.3 is 9.66 Å². The molecule has 0 bridgehead atoms. The van der Waals surface area contributed by atoms with Crippen LogP contribution in [-0.2, 0) is 15.9 Å². The zero-order chi connectivity index (χ0) is 10.3. The van der Waals surface area contributed by atoms with Crippen molar-refractivity contribution in [3.05, 3.63) is 0 Å². The van der Waals surface area contributed by atoms with Crippen LogP contribution in [0.5, 0.6) is 0 Å². The van der Waals surface area contributed by atoms with Gasteiger partial charge in [-0.3, -0.25) is 4.99 Å². The van der Waals surface area contributed by atoms with Gasteiger partial charge in [-0.15, -0.1) is 0 Å². The maximum Gasteiger partial charge on any atom is 0.328 e. The Morgan fingerprint density at radius 3 is 2.69 bits per heavy atom. The molecule has 0 aromatic rings. The number of carboxylic acids is 1. The Morgan fingerprint density at radius 1 is 1.69 bits per heavy atom. The van der Waals surface area contributed by atoms with E-state index in [4.69, 9.17) is 9.66 Å². The molecule has 76 valence electrons. The van der Waals surface area contributed by atoms with Crippen LogP contribution in [0.1, 0.15) is 19.8 Å². The molecule has 5 nitrogen and oxygen atoms in total. The van der Waals surface area contributed by atoms with Crippen molar-refractivity contribution in [3.63, 3.8) is 0 Å². The third-order valence-corrected chi connectivity index (χ3v) is 1.78. The molecule has 2 atom stereocenters. The predicted molar refractivity (Wildman–Crippen MR) is 50.5 cm³/mol. The van der Waals surface area contributed by atoms with E-state index in [1.54, 1.807) is 0 Å². The minimum atomic E-state index is -1.94. The first kappa shape index (κ1) is 12.2. The average Bonchev–Trinajstić information content (AvgIpc) is 2.02. The number of hydrogen-bond donors (Lipinski definition) is 2. The normalized spacial score (nSPS) is 15.8. The van der Waals surface area contributed by atoms with Crippen LogP contribution in [0.25, 0.3) is 0 Å². The monoisotopic (exact) mass is 207 g/mol. The number of carbonyl (C=O) groups is 1. The van der Waals surface area contributed by atoms with E-state index in [0.29, 0.717) is 6.42 Å². The Bertz CT molecular complexity index is 217. The zero-order valence-electron chi connectivity index (χ0n) is 7.34. The third-order valence-electron chi connectivity index (χ3n) is 1.35. The maximum atomic E-state index is 10.5. The molecule has 0 fully saturated rings. The highest BCUT2D eigenvalue weighted by molar-refractivity contribution is 7.79. The third kappa shape index (κ3) is 6.41. The van der Waals surface area contributed by atoms with E-state index in [1.807, 2.05) is 6.92 Å². The fraction of sp³-hybridized carbons (Fsp3) is 0.714. The van der Waals surface area contributed by atoms with Crippen LogP contribution in [0.3, 0.4) is 0 Å². The van der Waals surface area contributed by atoms with Gasteiger partial charge in [0.1, 0.15) is 6.04 Å². The van der Waals surface area contributed by atoms with Crippen molar-refractivity contribution in [1.29, 1.82) is 0 Å². The summed E-state index contributed by atoms with van der Waals surface area (Å²) in [6.07, 6.45) is 2.35. The topological polar surface area (TPSA) is 87.0 Å². The molecule has 0 aromatic heterocycles. The Hall–Kier alpha value is -0.750. The van der Waals surface area contributed by atoms with Crippen LogP contribution in [0.2, 0.25) is 0 Å². The molecule has 0 radical (unpaired) electrons. The Kier molecular flexibility index (Phi) is 6.34. The van der Waals surface area contributed by atoms with E-state index in [0.717, 1.165) is 6.42 Å². The Morgan fingerprint density at radius 2 is 2.31 bits per heavy atom. The van der Waals surface area contributed by atoms with Crippen molar-refractivity contribution in [2.75, 3.05) is 5.75 Å². The first-order valence-corrected chi connectivity index (χ1v) is 5.17. The van der Waals surface area contributed by atoms with Gasteiger partial charge in [-0.25, -0.2) is 9.00 Å². The summed E-state index contributed by atoms with van der Waals surface area (Å²) in [5, 5.41) is 8.62. The minimum absolute atomic E-state index is 0.118. The minimum Gasteiger partial charge on any atom is -0.480 e. The molecule has 2 N–H and O–H groups in total. The summed E-state index contributed by atoms with van der Waals surface area (Å²) in [7, 11) is 0. The molecule has 6 heteroatoms.